The quantitative estimate of drug-likeness (QED) is 0.539. The SMILES string of the molecule is CC(C)CC(C(=O)N(C)Cc1ccccc1Cl)N1C(=O)C2CC=CCC2C1=O. The first kappa shape index (κ1) is 20.6. The fourth-order valence-corrected chi connectivity index (χ4v) is 4.31. The average molecular weight is 403 g/mol. The fourth-order valence-electron chi connectivity index (χ4n) is 4.11. The molecule has 28 heavy (non-hydrogen) atoms. The third kappa shape index (κ3) is 4.00. The second kappa shape index (κ2) is 8.48. The molecule has 1 aromatic carbocycles. The number of carbonyl (C=O) groups is 3. The zero-order chi connectivity index (χ0) is 20.4. The van der Waals surface area contributed by atoms with E-state index in [4.69, 9.17) is 11.6 Å². The van der Waals surface area contributed by atoms with Crippen LogP contribution < -0.4 is 0 Å². The lowest BCUT2D eigenvalue weighted by Gasteiger charge is -2.31. The van der Waals surface area contributed by atoms with Crippen molar-refractivity contribution < 1.29 is 14.4 Å². The van der Waals surface area contributed by atoms with E-state index in [1.807, 2.05) is 44.2 Å². The third-order valence-electron chi connectivity index (χ3n) is 5.57. The summed E-state index contributed by atoms with van der Waals surface area (Å²) in [5, 5.41) is 0.591. The first-order valence-electron chi connectivity index (χ1n) is 9.81. The van der Waals surface area contributed by atoms with Crippen LogP contribution in [0.3, 0.4) is 0 Å². The monoisotopic (exact) mass is 402 g/mol. The number of hydrogen-bond acceptors (Lipinski definition) is 3. The molecule has 3 amide bonds. The van der Waals surface area contributed by atoms with Gasteiger partial charge in [0, 0.05) is 18.6 Å². The van der Waals surface area contributed by atoms with Gasteiger partial charge in [0.15, 0.2) is 0 Å². The summed E-state index contributed by atoms with van der Waals surface area (Å²) in [5.74, 6) is -1.11. The number of amides is 3. The largest absolute Gasteiger partial charge is 0.340 e. The molecule has 0 N–H and O–H groups in total. The maximum atomic E-state index is 13.3. The van der Waals surface area contributed by atoms with Gasteiger partial charge in [-0.3, -0.25) is 19.3 Å². The van der Waals surface area contributed by atoms with E-state index in [2.05, 4.69) is 0 Å². The number of likely N-dealkylation sites (N-methyl/N-ethyl adjacent to an activating group) is 1. The van der Waals surface area contributed by atoms with Crippen LogP contribution in [0.25, 0.3) is 0 Å². The number of nitrogens with zero attached hydrogens (tertiary/aromatic N) is 2. The number of allylic oxidation sites excluding steroid dienone is 2. The standard InChI is InChI=1S/C22H27ClN2O3/c1-14(2)12-19(22(28)24(3)13-15-8-4-7-11-18(15)23)25-20(26)16-9-5-6-10-17(16)21(25)27/h4-8,11,14,16-17,19H,9-10,12-13H2,1-3H3. The zero-order valence-electron chi connectivity index (χ0n) is 16.6. The second-order valence-electron chi connectivity index (χ2n) is 8.13. The Labute approximate surface area is 171 Å². The highest BCUT2D eigenvalue weighted by atomic mass is 35.5. The van der Waals surface area contributed by atoms with E-state index in [1.54, 1.807) is 18.0 Å². The topological polar surface area (TPSA) is 57.7 Å². The minimum Gasteiger partial charge on any atom is -0.340 e. The highest BCUT2D eigenvalue weighted by Crippen LogP contribution is 2.37. The molecular weight excluding hydrogens is 376 g/mol. The highest BCUT2D eigenvalue weighted by molar-refractivity contribution is 6.31. The van der Waals surface area contributed by atoms with Crippen molar-refractivity contribution in [3.8, 4) is 0 Å². The van der Waals surface area contributed by atoms with Gasteiger partial charge in [-0.15, -0.1) is 0 Å². The normalized spacial score (nSPS) is 22.5. The van der Waals surface area contributed by atoms with Crippen molar-refractivity contribution in [3.63, 3.8) is 0 Å². The summed E-state index contributed by atoms with van der Waals surface area (Å²) >= 11 is 6.23. The van der Waals surface area contributed by atoms with E-state index in [9.17, 15) is 14.4 Å². The van der Waals surface area contributed by atoms with Crippen LogP contribution >= 0.6 is 11.6 Å². The van der Waals surface area contributed by atoms with Crippen molar-refractivity contribution >= 4 is 29.3 Å². The van der Waals surface area contributed by atoms with E-state index >= 15 is 0 Å². The third-order valence-corrected chi connectivity index (χ3v) is 5.94. The molecule has 1 saturated heterocycles. The van der Waals surface area contributed by atoms with Gasteiger partial charge in [0.25, 0.3) is 0 Å². The lowest BCUT2D eigenvalue weighted by Crippen LogP contribution is -2.50. The van der Waals surface area contributed by atoms with E-state index in [0.29, 0.717) is 30.8 Å². The number of rotatable bonds is 6. The van der Waals surface area contributed by atoms with Crippen molar-refractivity contribution in [2.24, 2.45) is 17.8 Å². The predicted octanol–water partition coefficient (Wildman–Crippen LogP) is 3.66. The average Bonchev–Trinajstić information content (AvgIpc) is 2.92. The number of carbonyl (C=O) groups excluding carboxylic acids is 3. The fraction of sp³-hybridized carbons (Fsp3) is 0.500. The molecule has 0 saturated carbocycles. The molecule has 0 bridgehead atoms. The Morgan fingerprint density at radius 3 is 2.25 bits per heavy atom. The van der Waals surface area contributed by atoms with Crippen molar-refractivity contribution in [2.75, 3.05) is 7.05 Å². The minimum absolute atomic E-state index is 0.170. The smallest absolute Gasteiger partial charge is 0.245 e. The molecule has 6 heteroatoms. The summed E-state index contributed by atoms with van der Waals surface area (Å²) in [6, 6.07) is 6.60. The van der Waals surface area contributed by atoms with Crippen molar-refractivity contribution in [3.05, 3.63) is 47.0 Å². The van der Waals surface area contributed by atoms with Crippen LogP contribution in [-0.4, -0.2) is 40.6 Å². The summed E-state index contributed by atoms with van der Waals surface area (Å²) in [7, 11) is 1.69. The van der Waals surface area contributed by atoms with E-state index in [1.165, 1.54) is 4.90 Å². The Morgan fingerprint density at radius 1 is 1.14 bits per heavy atom. The Kier molecular flexibility index (Phi) is 6.23. The summed E-state index contributed by atoms with van der Waals surface area (Å²) in [6.07, 6.45) is 5.51. The molecule has 5 nitrogen and oxygen atoms in total. The van der Waals surface area contributed by atoms with Crippen molar-refractivity contribution in [2.45, 2.75) is 45.7 Å². The van der Waals surface area contributed by atoms with Crippen LogP contribution in [0.5, 0.6) is 0 Å². The predicted molar refractivity (Wildman–Crippen MR) is 108 cm³/mol. The first-order valence-corrected chi connectivity index (χ1v) is 10.2. The lowest BCUT2D eigenvalue weighted by atomic mass is 9.85. The maximum Gasteiger partial charge on any atom is 0.245 e. The van der Waals surface area contributed by atoms with Gasteiger partial charge in [-0.25, -0.2) is 0 Å². The van der Waals surface area contributed by atoms with Gasteiger partial charge in [0.2, 0.25) is 17.7 Å². The molecule has 1 aromatic rings. The van der Waals surface area contributed by atoms with Crippen LogP contribution in [0.15, 0.2) is 36.4 Å². The Balaban J connectivity index is 1.83. The number of benzene rings is 1. The van der Waals surface area contributed by atoms with E-state index in [0.717, 1.165) is 5.56 Å². The molecular formula is C22H27ClN2O3. The van der Waals surface area contributed by atoms with E-state index in [-0.39, 0.29) is 35.5 Å². The lowest BCUT2D eigenvalue weighted by molar-refractivity contribution is -0.152. The molecule has 3 atom stereocenters. The number of hydrogen-bond donors (Lipinski definition) is 0. The highest BCUT2D eigenvalue weighted by Gasteiger charge is 2.51. The number of likely N-dealkylation sites (tertiary alicyclic amines) is 1. The Bertz CT molecular complexity index is 779. The van der Waals surface area contributed by atoms with Crippen molar-refractivity contribution in [1.29, 1.82) is 0 Å². The number of imide groups is 1. The summed E-state index contributed by atoms with van der Waals surface area (Å²) in [6.45, 7) is 4.32. The van der Waals surface area contributed by atoms with Crippen LogP contribution in [-0.2, 0) is 20.9 Å². The molecule has 0 aromatic heterocycles. The summed E-state index contributed by atoms with van der Waals surface area (Å²) in [5.41, 5.74) is 0.834. The van der Waals surface area contributed by atoms with Gasteiger partial charge >= 0.3 is 0 Å². The first-order chi connectivity index (χ1) is 13.3. The van der Waals surface area contributed by atoms with Gasteiger partial charge in [0.1, 0.15) is 6.04 Å². The van der Waals surface area contributed by atoms with Gasteiger partial charge in [-0.2, -0.15) is 0 Å². The molecule has 3 rings (SSSR count). The summed E-state index contributed by atoms with van der Waals surface area (Å²) in [4.78, 5) is 42.1. The molecule has 0 radical (unpaired) electrons. The second-order valence-corrected chi connectivity index (χ2v) is 8.54. The van der Waals surface area contributed by atoms with Crippen LogP contribution in [0.2, 0.25) is 5.02 Å². The van der Waals surface area contributed by atoms with Gasteiger partial charge in [0.05, 0.1) is 11.8 Å². The molecule has 3 unspecified atom stereocenters. The van der Waals surface area contributed by atoms with Crippen molar-refractivity contribution in [1.82, 2.24) is 9.80 Å². The zero-order valence-corrected chi connectivity index (χ0v) is 17.4. The van der Waals surface area contributed by atoms with Crippen LogP contribution in [0, 0.1) is 17.8 Å². The van der Waals surface area contributed by atoms with Gasteiger partial charge in [-0.1, -0.05) is 55.8 Å². The number of halogens is 1. The Morgan fingerprint density at radius 2 is 1.71 bits per heavy atom. The molecule has 150 valence electrons. The molecule has 1 fully saturated rings. The number of fused-ring (bicyclic) bond motifs is 1. The summed E-state index contributed by atoms with van der Waals surface area (Å²) < 4.78 is 0. The molecule has 2 aliphatic rings. The molecule has 1 aliphatic carbocycles. The Hall–Kier alpha value is -2.14. The maximum absolute atomic E-state index is 13.3. The van der Waals surface area contributed by atoms with Gasteiger partial charge < -0.3 is 4.90 Å². The molecule has 1 heterocycles. The molecule has 0 spiro atoms. The van der Waals surface area contributed by atoms with E-state index < -0.39 is 6.04 Å². The van der Waals surface area contributed by atoms with Crippen LogP contribution in [0.1, 0.15) is 38.7 Å². The van der Waals surface area contributed by atoms with Gasteiger partial charge in [-0.05, 0) is 36.8 Å². The minimum atomic E-state index is -0.766. The van der Waals surface area contributed by atoms with Crippen LogP contribution in [0.4, 0.5) is 0 Å². The molecule has 1 aliphatic heterocycles.